The van der Waals surface area contributed by atoms with Crippen molar-refractivity contribution in [2.45, 2.75) is 139 Å². The number of aryl methyl sites for hydroxylation is 1. The zero-order valence-electron chi connectivity index (χ0n) is 65.7. The van der Waals surface area contributed by atoms with Gasteiger partial charge in [-0.05, 0) is 74.1 Å². The monoisotopic (exact) mass is 1650 g/mol. The van der Waals surface area contributed by atoms with E-state index in [1.165, 1.54) is 12.5 Å². The summed E-state index contributed by atoms with van der Waals surface area (Å²) in [6.07, 6.45) is 4.36. The molecule has 3 heterocycles. The summed E-state index contributed by atoms with van der Waals surface area (Å²) in [4.78, 5) is 215. The number of fused-ring (bicyclic) bond motifs is 1. The Morgan fingerprint density at radius 3 is 1.48 bits per heavy atom. The summed E-state index contributed by atoms with van der Waals surface area (Å²) in [5, 5.41) is 82.9. The number of aromatic nitrogens is 3. The molecule has 5 aromatic rings. The number of hydrogen-bond acceptors (Lipinski definition) is 21. The summed E-state index contributed by atoms with van der Waals surface area (Å²) >= 11 is 0. The van der Waals surface area contributed by atoms with Crippen LogP contribution in [-0.2, 0) is 97.6 Å². The van der Waals surface area contributed by atoms with Crippen molar-refractivity contribution in [3.8, 4) is 0 Å². The first-order valence-electron chi connectivity index (χ1n) is 39.0. The number of hydrogen-bond donors (Lipinski definition) is 20. The molecule has 0 spiro atoms. The van der Waals surface area contributed by atoms with E-state index in [0.29, 0.717) is 47.0 Å². The lowest BCUT2D eigenvalue weighted by molar-refractivity contribution is -0.140. The highest BCUT2D eigenvalue weighted by Gasteiger charge is 2.35. The third-order valence-corrected chi connectivity index (χ3v) is 19.5. The van der Waals surface area contributed by atoms with Crippen molar-refractivity contribution in [3.05, 3.63) is 126 Å². The number of aliphatic carboxylic acids is 5. The molecule has 1 fully saturated rings. The highest BCUT2D eigenvalue weighted by atomic mass is 16.4. The molecule has 2 unspecified atom stereocenters. The smallest absolute Gasteiger partial charge is 0.317 e. The van der Waals surface area contributed by atoms with Crippen LogP contribution in [0.5, 0.6) is 0 Å². The molecule has 0 radical (unpaired) electrons. The number of carbonyl (C=O) groups excluding carboxylic acids is 10. The number of benzene rings is 3. The Bertz CT molecular complexity index is 4120. The van der Waals surface area contributed by atoms with E-state index in [2.05, 4.69) is 68.1 Å². The van der Waals surface area contributed by atoms with Gasteiger partial charge >= 0.3 is 29.8 Å². The maximum absolute atomic E-state index is 14.8. The van der Waals surface area contributed by atoms with Gasteiger partial charge in [-0.15, -0.1) is 0 Å². The molecule has 3 aromatic carbocycles. The summed E-state index contributed by atoms with van der Waals surface area (Å²) in [5.41, 5.74) is 14.8. The van der Waals surface area contributed by atoms with Crippen molar-refractivity contribution in [1.29, 1.82) is 5.41 Å². The topological polar surface area (TPSA) is 611 Å². The van der Waals surface area contributed by atoms with Crippen molar-refractivity contribution in [1.82, 2.24) is 87.7 Å². The Morgan fingerprint density at radius 1 is 0.424 bits per heavy atom. The number of amides is 10. The van der Waals surface area contributed by atoms with Gasteiger partial charge < -0.3 is 100 Å². The number of carbonyl (C=O) groups is 15. The molecule has 0 aliphatic carbocycles. The fourth-order valence-corrected chi connectivity index (χ4v) is 13.1. The first-order chi connectivity index (χ1) is 56.5. The van der Waals surface area contributed by atoms with E-state index in [1.807, 2.05) is 30.3 Å². The Labute approximate surface area is 680 Å². The number of guanidine groups is 1. The van der Waals surface area contributed by atoms with Crippen molar-refractivity contribution in [2.75, 3.05) is 105 Å². The molecular weight excluding hydrogens is 1540 g/mol. The van der Waals surface area contributed by atoms with Crippen LogP contribution in [0.15, 0.2) is 104 Å². The number of H-pyrrole nitrogens is 2. The molecule has 0 bridgehead atoms. The van der Waals surface area contributed by atoms with Crippen LogP contribution in [0.2, 0.25) is 0 Å². The zero-order chi connectivity index (χ0) is 85.9. The summed E-state index contributed by atoms with van der Waals surface area (Å²) < 4.78 is 0. The van der Waals surface area contributed by atoms with Crippen molar-refractivity contribution in [2.24, 2.45) is 17.4 Å². The highest BCUT2D eigenvalue weighted by molar-refractivity contribution is 5.97. The number of primary amides is 1. The summed E-state index contributed by atoms with van der Waals surface area (Å²) in [5.74, 6) is -15.5. The fraction of sp³-hybridized carbons (Fsp3) is 0.500. The Balaban J connectivity index is 1.06. The van der Waals surface area contributed by atoms with Crippen molar-refractivity contribution < 1.29 is 97.5 Å². The molecule has 40 nitrogen and oxygen atoms in total. The lowest BCUT2D eigenvalue weighted by Gasteiger charge is -2.33. The van der Waals surface area contributed by atoms with Crippen LogP contribution in [0.1, 0.15) is 99.4 Å². The van der Waals surface area contributed by atoms with E-state index in [4.69, 9.17) is 16.9 Å². The Morgan fingerprint density at radius 2 is 0.915 bits per heavy atom. The number of para-hydroxylation sites is 1. The van der Waals surface area contributed by atoms with Crippen molar-refractivity contribution in [3.63, 3.8) is 0 Å². The van der Waals surface area contributed by atoms with Gasteiger partial charge in [0, 0.05) is 140 Å². The molecule has 22 N–H and O–H groups in total. The molecule has 1 saturated heterocycles. The van der Waals surface area contributed by atoms with Gasteiger partial charge in [-0.1, -0.05) is 91.7 Å². The van der Waals surface area contributed by atoms with Gasteiger partial charge in [0.05, 0.1) is 45.0 Å². The molecule has 7 atom stereocenters. The number of unbranched alkanes of at least 4 members (excludes halogenated alkanes) is 2. The predicted octanol–water partition coefficient (Wildman–Crippen LogP) is -2.67. The van der Waals surface area contributed by atoms with E-state index in [-0.39, 0.29) is 149 Å². The number of rotatable bonds is 51. The number of aromatic amines is 2. The standard InChI is InChI=1S/C78H110N20O20/c79-71(112)57(21-8-3-11-28-83-73(114)59(25-27-67(104)105)91-72(113)52(24-26-66(102)103)41-86-65(101)45-95-30-32-96(46-68(106)107)34-36-98(48-70(110)111)37-35-97(33-31-95)47-69(108)109)89-64(100)44-87-74(115)61(39-53-42-85-56-20-10-9-19-55(53)56)94-75(116)58(22-13-29-84-78(80)81)92-76(117)60(38-51-16-6-2-7-17-51)93-77(118)62(40-54-43-82-49-88-54)90-63(99)23-12-18-50-14-4-1-5-15-50/h1-2,4-7,9-10,14-17,19-20,42-43,49,52,57-62,85H,3,8,11-13,18,21-41,44-48H2,(H2,79,112)(H,82,88)(H,83,114)(H,86,101)(H,87,115)(H,89,100)(H,90,99)(H,91,113)(H,92,117)(H,93,118)(H,94,116)(H,102,103)(H,104,105)(H,106,107)(H,108,109)(H,110,111)(H4,80,81,84)/t52?,57-,58-,59?,60+,61-,62-/m0/s1. The second kappa shape index (κ2) is 50.8. The van der Waals surface area contributed by atoms with Crippen molar-refractivity contribution >= 4 is 106 Å². The second-order valence-corrected chi connectivity index (χ2v) is 28.8. The van der Waals surface area contributed by atoms with Gasteiger partial charge in [0.15, 0.2) is 5.96 Å². The van der Waals surface area contributed by atoms with E-state index >= 15 is 0 Å². The summed E-state index contributed by atoms with van der Waals surface area (Å²) in [6.45, 7) is -1.78. The maximum atomic E-state index is 14.8. The molecule has 1 aliphatic rings. The Kier molecular flexibility index (Phi) is 40.7. The minimum atomic E-state index is -1.46. The largest absolute Gasteiger partial charge is 0.481 e. The first-order valence-corrected chi connectivity index (χ1v) is 39.0. The van der Waals surface area contributed by atoms with E-state index in [1.54, 1.807) is 80.4 Å². The first kappa shape index (κ1) is 94.4. The van der Waals surface area contributed by atoms with Crippen LogP contribution < -0.4 is 64.6 Å². The highest BCUT2D eigenvalue weighted by Crippen LogP contribution is 2.20. The number of carboxylic acids is 5. The van der Waals surface area contributed by atoms with Gasteiger partial charge in [-0.3, -0.25) is 96.9 Å². The average molecular weight is 1650 g/mol. The zero-order valence-corrected chi connectivity index (χ0v) is 65.7. The molecule has 10 amide bonds. The molecule has 40 heteroatoms. The van der Waals surface area contributed by atoms with Crippen LogP contribution in [0.25, 0.3) is 10.9 Å². The lowest BCUT2D eigenvalue weighted by Crippen LogP contribution is -2.59. The number of nitrogens with one attached hydrogen (secondary N) is 13. The number of carboxylic acid groups (broad SMARTS) is 5. The molecule has 0 saturated carbocycles. The van der Waals surface area contributed by atoms with Crippen LogP contribution in [0, 0.1) is 11.3 Å². The SMILES string of the molecule is N=C(N)NCCC[C@H](NC(=O)[C@@H](Cc1ccccc1)NC(=O)[C@H](Cc1cnc[nH]1)NC(=O)CCCc1ccccc1)C(=O)N[C@@H](Cc1c[nH]c2ccccc12)C(=O)NCC(=O)N[C@@H](CCCCCNC(=O)C(CCC(=O)O)NC(=O)C(CCC(=O)O)CNC(=O)CN1CCN(CC(=O)O)CCN(CC(=O)O)CCN(CC(=O)O)CC1)C(N)=O. The van der Waals surface area contributed by atoms with Crippen LogP contribution in [0.3, 0.4) is 0 Å². The Hall–Kier alpha value is -12.4. The van der Waals surface area contributed by atoms with E-state index < -0.39 is 177 Å². The quantitative estimate of drug-likeness (QED) is 0.0107. The molecule has 118 heavy (non-hydrogen) atoms. The van der Waals surface area contributed by atoms with Crippen LogP contribution >= 0.6 is 0 Å². The van der Waals surface area contributed by atoms with Gasteiger partial charge in [-0.25, -0.2) is 4.98 Å². The summed E-state index contributed by atoms with van der Waals surface area (Å²) in [6, 6.07) is 17.3. The molecule has 2 aromatic heterocycles. The number of nitrogens with zero attached hydrogens (tertiary/aromatic N) is 5. The van der Waals surface area contributed by atoms with Gasteiger partial charge in [0.25, 0.3) is 0 Å². The second-order valence-electron chi connectivity index (χ2n) is 28.8. The van der Waals surface area contributed by atoms with Gasteiger partial charge in [-0.2, -0.15) is 0 Å². The third kappa shape index (κ3) is 36.6. The summed E-state index contributed by atoms with van der Waals surface area (Å²) in [7, 11) is 0. The maximum Gasteiger partial charge on any atom is 0.317 e. The normalized spacial score (nSPS) is 14.9. The van der Waals surface area contributed by atoms with E-state index in [0.717, 1.165) is 5.56 Å². The fourth-order valence-electron chi connectivity index (χ4n) is 13.1. The molecule has 6 rings (SSSR count). The van der Waals surface area contributed by atoms with Crippen LogP contribution in [-0.4, -0.2) is 296 Å². The minimum absolute atomic E-state index is 0.0258. The number of imidazole rings is 1. The van der Waals surface area contributed by atoms with Crippen LogP contribution in [0.4, 0.5) is 0 Å². The molecule has 1 aliphatic heterocycles. The third-order valence-electron chi connectivity index (χ3n) is 19.5. The van der Waals surface area contributed by atoms with Gasteiger partial charge in [0.2, 0.25) is 59.1 Å². The number of nitrogens with two attached hydrogens (primary N) is 2. The lowest BCUT2D eigenvalue weighted by atomic mass is 10.0. The predicted molar refractivity (Wildman–Crippen MR) is 427 cm³/mol. The minimum Gasteiger partial charge on any atom is -0.481 e. The molecule has 642 valence electrons. The van der Waals surface area contributed by atoms with Gasteiger partial charge in [0.1, 0.15) is 36.3 Å². The molecular formula is C78H110N20O20. The average Bonchev–Trinajstić information content (AvgIpc) is 1.74. The van der Waals surface area contributed by atoms with E-state index in [9.17, 15) is 97.5 Å².